The summed E-state index contributed by atoms with van der Waals surface area (Å²) in [6.45, 7) is 1.61. The Morgan fingerprint density at radius 3 is 2.26 bits per heavy atom. The molecule has 12 heteroatoms. The molecule has 2 fully saturated rings. The monoisotopic (exact) mass is 553 g/mol. The fourth-order valence-corrected chi connectivity index (χ4v) is 5.24. The minimum Gasteiger partial charge on any atom is -0.397 e. The lowest BCUT2D eigenvalue weighted by Crippen LogP contribution is -2.62. The van der Waals surface area contributed by atoms with Gasteiger partial charge in [-0.25, -0.2) is 0 Å². The van der Waals surface area contributed by atoms with Gasteiger partial charge < -0.3 is 26.0 Å². The summed E-state index contributed by atoms with van der Waals surface area (Å²) in [6.07, 6.45) is -4.16. The number of benzene rings is 2. The Bertz CT molecular complexity index is 1180. The summed E-state index contributed by atoms with van der Waals surface area (Å²) in [5, 5.41) is 14.2. The molecule has 2 aromatic carbocycles. The molecule has 0 saturated carbocycles. The second-order valence-electron chi connectivity index (χ2n) is 10.0. The van der Waals surface area contributed by atoms with E-state index in [-0.39, 0.29) is 31.1 Å². The van der Waals surface area contributed by atoms with E-state index in [1.165, 1.54) is 23.1 Å². The topological polar surface area (TPSA) is 102 Å². The zero-order valence-corrected chi connectivity index (χ0v) is 21.9. The molecule has 206 valence electrons. The van der Waals surface area contributed by atoms with E-state index in [1.54, 1.807) is 26.2 Å². The van der Waals surface area contributed by atoms with E-state index in [0.29, 0.717) is 47.9 Å². The predicted octanol–water partition coefficient (Wildman–Crippen LogP) is 3.16. The largest absolute Gasteiger partial charge is 0.430 e. The minimum absolute atomic E-state index is 0.0804. The van der Waals surface area contributed by atoms with Crippen molar-refractivity contribution in [2.45, 2.75) is 36.7 Å². The molecule has 8 nitrogen and oxygen atoms in total. The van der Waals surface area contributed by atoms with E-state index in [2.05, 4.69) is 10.2 Å². The van der Waals surface area contributed by atoms with Crippen LogP contribution in [0.2, 0.25) is 5.02 Å². The fraction of sp³-hybridized carbons (Fsp3) is 0.462. The van der Waals surface area contributed by atoms with Gasteiger partial charge in [0, 0.05) is 51.9 Å². The number of hydrogen-bond acceptors (Lipinski definition) is 6. The summed E-state index contributed by atoms with van der Waals surface area (Å²) in [5.74, 6) is -1.59. The maximum absolute atomic E-state index is 13.9. The molecule has 4 N–H and O–H groups in total. The van der Waals surface area contributed by atoms with Crippen LogP contribution in [0.3, 0.4) is 0 Å². The van der Waals surface area contributed by atoms with Crippen LogP contribution < -0.4 is 11.1 Å². The van der Waals surface area contributed by atoms with E-state index >= 15 is 0 Å². The highest BCUT2D eigenvalue weighted by Crippen LogP contribution is 2.41. The minimum atomic E-state index is -5.15. The first-order valence-corrected chi connectivity index (χ1v) is 12.7. The molecular formula is C26H31ClF3N5O3. The van der Waals surface area contributed by atoms with Gasteiger partial charge in [-0.2, -0.15) is 13.2 Å². The molecule has 2 aromatic rings. The van der Waals surface area contributed by atoms with Crippen molar-refractivity contribution in [3.8, 4) is 0 Å². The first-order valence-electron chi connectivity index (χ1n) is 12.3. The van der Waals surface area contributed by atoms with Crippen LogP contribution in [0.4, 0.5) is 24.5 Å². The van der Waals surface area contributed by atoms with Gasteiger partial charge in [-0.15, -0.1) is 0 Å². The van der Waals surface area contributed by atoms with Crippen molar-refractivity contribution in [3.05, 3.63) is 58.6 Å². The number of aliphatic hydroxyl groups is 1. The highest BCUT2D eigenvalue weighted by atomic mass is 35.5. The van der Waals surface area contributed by atoms with Gasteiger partial charge in [-0.3, -0.25) is 14.5 Å². The summed E-state index contributed by atoms with van der Waals surface area (Å²) >= 11 is 6.30. The number of carbonyl (C=O) groups excluding carboxylic acids is 2. The number of alkyl halides is 3. The third kappa shape index (κ3) is 5.27. The number of amides is 2. The molecule has 0 bridgehead atoms. The Kier molecular flexibility index (Phi) is 7.83. The number of carbonyl (C=O) groups is 2. The number of piperidine rings is 1. The molecule has 0 aliphatic carbocycles. The zero-order valence-electron chi connectivity index (χ0n) is 21.1. The predicted molar refractivity (Wildman–Crippen MR) is 139 cm³/mol. The molecular weight excluding hydrogens is 523 g/mol. The third-order valence-electron chi connectivity index (χ3n) is 7.22. The Hall–Kier alpha value is -3.02. The molecule has 1 atom stereocenters. The van der Waals surface area contributed by atoms with Crippen molar-refractivity contribution in [2.24, 2.45) is 0 Å². The van der Waals surface area contributed by atoms with Crippen LogP contribution >= 0.6 is 11.6 Å². The SMILES string of the molecule is CN(C)C(=O)c1cc(N)c(NC2CN(C3CCN(C(=O)[C@@](O)(c4ccccc4)C(F)(F)F)CC3)C2)cc1Cl. The van der Waals surface area contributed by atoms with Gasteiger partial charge in [0.05, 0.1) is 28.0 Å². The summed E-state index contributed by atoms with van der Waals surface area (Å²) in [6, 6.07) is 9.83. The molecule has 2 aliphatic rings. The molecule has 0 unspecified atom stereocenters. The molecule has 2 amide bonds. The van der Waals surface area contributed by atoms with Gasteiger partial charge >= 0.3 is 6.18 Å². The number of likely N-dealkylation sites (tertiary alicyclic amines) is 2. The Morgan fingerprint density at radius 2 is 1.71 bits per heavy atom. The van der Waals surface area contributed by atoms with Gasteiger partial charge in [0.15, 0.2) is 0 Å². The smallest absolute Gasteiger partial charge is 0.397 e. The highest BCUT2D eigenvalue weighted by molar-refractivity contribution is 6.34. The lowest BCUT2D eigenvalue weighted by molar-refractivity contribution is -0.262. The van der Waals surface area contributed by atoms with Crippen molar-refractivity contribution in [1.29, 1.82) is 0 Å². The number of anilines is 2. The van der Waals surface area contributed by atoms with Gasteiger partial charge in [-0.1, -0.05) is 41.9 Å². The first-order chi connectivity index (χ1) is 17.8. The van der Waals surface area contributed by atoms with Crippen LogP contribution in [-0.2, 0) is 10.4 Å². The quantitative estimate of drug-likeness (QED) is 0.475. The number of halogens is 4. The number of hydrogen-bond donors (Lipinski definition) is 3. The molecule has 0 aromatic heterocycles. The molecule has 0 radical (unpaired) electrons. The maximum Gasteiger partial charge on any atom is 0.430 e. The standard InChI is InChI=1S/C26H31ClF3N5O3/c1-33(2)23(36)19-12-21(31)22(13-20(19)27)32-17-14-35(15-17)18-8-10-34(11-9-18)24(37)25(38,26(28,29)30)16-6-4-3-5-7-16/h3-7,12-13,17-18,32,38H,8-11,14-15,31H2,1-2H3/t25-/m0/s1. The Morgan fingerprint density at radius 1 is 1.11 bits per heavy atom. The molecule has 2 saturated heterocycles. The molecule has 2 heterocycles. The van der Waals surface area contributed by atoms with E-state index in [0.717, 1.165) is 17.0 Å². The number of nitrogens with two attached hydrogens (primary N) is 1. The third-order valence-corrected chi connectivity index (χ3v) is 7.54. The Labute approximate surface area is 224 Å². The van der Waals surface area contributed by atoms with Gasteiger partial charge in [-0.05, 0) is 25.0 Å². The summed E-state index contributed by atoms with van der Waals surface area (Å²) < 4.78 is 41.7. The van der Waals surface area contributed by atoms with E-state index in [9.17, 15) is 27.9 Å². The second-order valence-corrected chi connectivity index (χ2v) is 10.4. The number of rotatable bonds is 6. The number of nitrogen functional groups attached to an aromatic ring is 1. The van der Waals surface area contributed by atoms with Crippen molar-refractivity contribution < 1.29 is 27.9 Å². The van der Waals surface area contributed by atoms with Crippen LogP contribution in [0.25, 0.3) is 0 Å². The van der Waals surface area contributed by atoms with Crippen molar-refractivity contribution in [3.63, 3.8) is 0 Å². The van der Waals surface area contributed by atoms with Gasteiger partial charge in [0.2, 0.25) is 0 Å². The fourth-order valence-electron chi connectivity index (χ4n) is 4.99. The summed E-state index contributed by atoms with van der Waals surface area (Å²) in [4.78, 5) is 29.9. The summed E-state index contributed by atoms with van der Waals surface area (Å²) in [7, 11) is 3.26. The lowest BCUT2D eigenvalue weighted by Gasteiger charge is -2.48. The van der Waals surface area contributed by atoms with E-state index in [4.69, 9.17) is 17.3 Å². The first kappa shape index (κ1) is 28.0. The van der Waals surface area contributed by atoms with Crippen LogP contribution in [0.1, 0.15) is 28.8 Å². The van der Waals surface area contributed by atoms with Crippen molar-refractivity contribution in [2.75, 3.05) is 51.3 Å². The molecule has 4 rings (SSSR count). The van der Waals surface area contributed by atoms with Crippen LogP contribution in [-0.4, -0.2) is 90.2 Å². The molecule has 2 aliphatic heterocycles. The van der Waals surface area contributed by atoms with Gasteiger partial charge in [0.25, 0.3) is 17.4 Å². The van der Waals surface area contributed by atoms with E-state index < -0.39 is 23.2 Å². The van der Waals surface area contributed by atoms with Crippen molar-refractivity contribution >= 4 is 34.8 Å². The Balaban J connectivity index is 1.32. The number of nitrogens with zero attached hydrogens (tertiary/aromatic N) is 3. The van der Waals surface area contributed by atoms with Crippen LogP contribution in [0.15, 0.2) is 42.5 Å². The summed E-state index contributed by atoms with van der Waals surface area (Å²) in [5.41, 5.74) is 3.42. The lowest BCUT2D eigenvalue weighted by atomic mass is 9.89. The zero-order chi connectivity index (χ0) is 27.8. The van der Waals surface area contributed by atoms with Crippen LogP contribution in [0.5, 0.6) is 0 Å². The van der Waals surface area contributed by atoms with Gasteiger partial charge in [0.1, 0.15) is 0 Å². The molecule has 38 heavy (non-hydrogen) atoms. The van der Waals surface area contributed by atoms with Crippen LogP contribution in [0, 0.1) is 0 Å². The van der Waals surface area contributed by atoms with E-state index in [1.807, 2.05) is 0 Å². The average Bonchev–Trinajstić information content (AvgIpc) is 2.86. The van der Waals surface area contributed by atoms with Crippen molar-refractivity contribution in [1.82, 2.24) is 14.7 Å². The average molecular weight is 554 g/mol. The normalized spacial score (nSPS) is 19.0. The maximum atomic E-state index is 13.9. The molecule has 0 spiro atoms. The second kappa shape index (κ2) is 10.6. The highest BCUT2D eigenvalue weighted by Gasteiger charge is 2.62. The number of nitrogens with one attached hydrogen (secondary N) is 1.